The van der Waals surface area contributed by atoms with Crippen molar-refractivity contribution in [1.29, 1.82) is 0 Å². The van der Waals surface area contributed by atoms with Crippen molar-refractivity contribution >= 4 is 23.7 Å². The van der Waals surface area contributed by atoms with Gasteiger partial charge in [-0.15, -0.1) is 0 Å². The molecule has 0 spiro atoms. The van der Waals surface area contributed by atoms with Gasteiger partial charge in [0.2, 0.25) is 11.8 Å². The van der Waals surface area contributed by atoms with Gasteiger partial charge in [-0.25, -0.2) is 9.82 Å². The maximum Gasteiger partial charge on any atom is 0.240 e. The van der Waals surface area contributed by atoms with Crippen LogP contribution in [-0.2, 0) is 9.59 Å². The van der Waals surface area contributed by atoms with Crippen LogP contribution in [0.15, 0.2) is 59.7 Å². The van der Waals surface area contributed by atoms with E-state index in [1.54, 1.807) is 0 Å². The van der Waals surface area contributed by atoms with Gasteiger partial charge in [0.05, 0.1) is 6.21 Å². The Kier molecular flexibility index (Phi) is 5.99. The van der Waals surface area contributed by atoms with Gasteiger partial charge >= 0.3 is 0 Å². The van der Waals surface area contributed by atoms with Crippen LogP contribution in [-0.4, -0.2) is 18.0 Å². The second kappa shape index (κ2) is 8.43. The van der Waals surface area contributed by atoms with Crippen molar-refractivity contribution in [2.45, 2.75) is 12.8 Å². The molecule has 0 aliphatic heterocycles. The van der Waals surface area contributed by atoms with Gasteiger partial charge in [-0.2, -0.15) is 5.10 Å². The molecule has 0 heterocycles. The molecule has 0 saturated heterocycles. The van der Waals surface area contributed by atoms with E-state index in [1.165, 1.54) is 30.5 Å². The zero-order chi connectivity index (χ0) is 16.5. The van der Waals surface area contributed by atoms with Crippen molar-refractivity contribution in [3.05, 3.63) is 66.0 Å². The minimum absolute atomic E-state index is 0.0131. The number of carbonyl (C=O) groups is 2. The molecule has 0 atom stereocenters. The fourth-order valence-electron chi connectivity index (χ4n) is 1.76. The van der Waals surface area contributed by atoms with Crippen LogP contribution in [0.1, 0.15) is 18.4 Å². The number of amides is 2. The molecule has 6 heteroatoms. The number of benzene rings is 2. The van der Waals surface area contributed by atoms with E-state index in [1.807, 2.05) is 30.3 Å². The third kappa shape index (κ3) is 6.09. The van der Waals surface area contributed by atoms with Crippen molar-refractivity contribution < 1.29 is 14.0 Å². The molecule has 2 aromatic carbocycles. The smallest absolute Gasteiger partial charge is 0.240 e. The molecule has 118 valence electrons. The topological polar surface area (TPSA) is 70.6 Å². The van der Waals surface area contributed by atoms with E-state index in [4.69, 9.17) is 0 Å². The summed E-state index contributed by atoms with van der Waals surface area (Å²) in [7, 11) is 0. The first-order chi connectivity index (χ1) is 11.1. The summed E-state index contributed by atoms with van der Waals surface area (Å²) in [4.78, 5) is 23.3. The zero-order valence-corrected chi connectivity index (χ0v) is 12.3. The number of hydrazone groups is 1. The van der Waals surface area contributed by atoms with Crippen LogP contribution < -0.4 is 10.7 Å². The Hall–Kier alpha value is -3.02. The summed E-state index contributed by atoms with van der Waals surface area (Å²) in [6.45, 7) is 0. The molecule has 23 heavy (non-hydrogen) atoms. The first-order valence-electron chi connectivity index (χ1n) is 7.06. The number of hydrogen-bond acceptors (Lipinski definition) is 3. The highest BCUT2D eigenvalue weighted by atomic mass is 19.1. The second-order valence-corrected chi connectivity index (χ2v) is 4.76. The molecular weight excluding hydrogens is 297 g/mol. The lowest BCUT2D eigenvalue weighted by Gasteiger charge is -2.04. The SMILES string of the molecule is O=C(CCC(=O)Nc1ccc(F)cc1)N/N=C/c1ccccc1. The van der Waals surface area contributed by atoms with Crippen LogP contribution in [0.5, 0.6) is 0 Å². The molecule has 2 N–H and O–H groups in total. The predicted molar refractivity (Wildman–Crippen MR) is 86.4 cm³/mol. The highest BCUT2D eigenvalue weighted by Gasteiger charge is 2.06. The zero-order valence-electron chi connectivity index (χ0n) is 12.3. The molecule has 0 unspecified atom stereocenters. The quantitative estimate of drug-likeness (QED) is 0.636. The van der Waals surface area contributed by atoms with Crippen LogP contribution >= 0.6 is 0 Å². The van der Waals surface area contributed by atoms with Gasteiger partial charge < -0.3 is 5.32 Å². The van der Waals surface area contributed by atoms with Gasteiger partial charge in [0.25, 0.3) is 0 Å². The Balaban J connectivity index is 1.70. The Morgan fingerprint density at radius 3 is 2.30 bits per heavy atom. The van der Waals surface area contributed by atoms with E-state index in [0.29, 0.717) is 5.69 Å². The summed E-state index contributed by atoms with van der Waals surface area (Å²) >= 11 is 0. The van der Waals surface area contributed by atoms with Crippen molar-refractivity contribution in [2.75, 3.05) is 5.32 Å². The number of carbonyl (C=O) groups excluding carboxylic acids is 2. The monoisotopic (exact) mass is 313 g/mol. The van der Waals surface area contributed by atoms with Crippen LogP contribution in [0.4, 0.5) is 10.1 Å². The van der Waals surface area contributed by atoms with E-state index in [0.717, 1.165) is 5.56 Å². The van der Waals surface area contributed by atoms with E-state index in [-0.39, 0.29) is 30.5 Å². The number of nitrogens with zero attached hydrogens (tertiary/aromatic N) is 1. The molecule has 0 radical (unpaired) electrons. The largest absolute Gasteiger partial charge is 0.326 e. The average molecular weight is 313 g/mol. The number of halogens is 1. The molecule has 2 rings (SSSR count). The van der Waals surface area contributed by atoms with E-state index < -0.39 is 0 Å². The molecule has 0 bridgehead atoms. The Morgan fingerprint density at radius 1 is 0.957 bits per heavy atom. The maximum atomic E-state index is 12.7. The number of nitrogens with one attached hydrogen (secondary N) is 2. The Labute approximate surface area is 133 Å². The van der Waals surface area contributed by atoms with Crippen LogP contribution in [0, 0.1) is 5.82 Å². The minimum Gasteiger partial charge on any atom is -0.326 e. The summed E-state index contributed by atoms with van der Waals surface area (Å²) in [6.07, 6.45) is 1.56. The first kappa shape index (κ1) is 16.4. The van der Waals surface area contributed by atoms with Crippen LogP contribution in [0.3, 0.4) is 0 Å². The summed E-state index contributed by atoms with van der Waals surface area (Å²) < 4.78 is 12.7. The Morgan fingerprint density at radius 2 is 1.61 bits per heavy atom. The second-order valence-electron chi connectivity index (χ2n) is 4.76. The van der Waals surface area contributed by atoms with Crippen molar-refractivity contribution in [1.82, 2.24) is 5.43 Å². The third-order valence-corrected chi connectivity index (χ3v) is 2.91. The van der Waals surface area contributed by atoms with E-state index in [2.05, 4.69) is 15.8 Å². The van der Waals surface area contributed by atoms with Gasteiger partial charge in [-0.05, 0) is 29.8 Å². The lowest BCUT2D eigenvalue weighted by molar-refractivity contribution is -0.124. The summed E-state index contributed by atoms with van der Waals surface area (Å²) in [6, 6.07) is 14.7. The molecule has 0 aromatic heterocycles. The van der Waals surface area contributed by atoms with Gasteiger partial charge in [0.1, 0.15) is 5.82 Å². The molecule has 2 aromatic rings. The number of hydrogen-bond donors (Lipinski definition) is 2. The van der Waals surface area contributed by atoms with Crippen molar-refractivity contribution in [3.8, 4) is 0 Å². The molecule has 5 nitrogen and oxygen atoms in total. The minimum atomic E-state index is -0.376. The summed E-state index contributed by atoms with van der Waals surface area (Å²) in [5.74, 6) is -1.05. The molecular formula is C17H16FN3O2. The van der Waals surface area contributed by atoms with E-state index >= 15 is 0 Å². The highest BCUT2D eigenvalue weighted by Crippen LogP contribution is 2.08. The van der Waals surface area contributed by atoms with Crippen LogP contribution in [0.25, 0.3) is 0 Å². The van der Waals surface area contributed by atoms with Gasteiger partial charge in [0, 0.05) is 18.5 Å². The molecule has 0 aliphatic carbocycles. The fraction of sp³-hybridized carbons (Fsp3) is 0.118. The summed E-state index contributed by atoms with van der Waals surface area (Å²) in [5, 5.41) is 6.40. The van der Waals surface area contributed by atoms with E-state index in [9.17, 15) is 14.0 Å². The lowest BCUT2D eigenvalue weighted by Crippen LogP contribution is -2.20. The normalized spacial score (nSPS) is 10.5. The van der Waals surface area contributed by atoms with Crippen molar-refractivity contribution in [2.24, 2.45) is 5.10 Å². The standard InChI is InChI=1S/C17H16FN3O2/c18-14-6-8-15(9-7-14)20-16(22)10-11-17(23)21-19-12-13-4-2-1-3-5-13/h1-9,12H,10-11H2,(H,20,22)(H,21,23)/b19-12+. The van der Waals surface area contributed by atoms with Gasteiger partial charge in [0.15, 0.2) is 0 Å². The third-order valence-electron chi connectivity index (χ3n) is 2.91. The van der Waals surface area contributed by atoms with Crippen LogP contribution in [0.2, 0.25) is 0 Å². The first-order valence-corrected chi connectivity index (χ1v) is 7.06. The number of anilines is 1. The lowest BCUT2D eigenvalue weighted by atomic mass is 10.2. The van der Waals surface area contributed by atoms with Gasteiger partial charge in [-0.3, -0.25) is 9.59 Å². The Bertz CT molecular complexity index is 685. The molecule has 0 saturated carbocycles. The average Bonchev–Trinajstić information content (AvgIpc) is 2.56. The highest BCUT2D eigenvalue weighted by molar-refractivity contribution is 5.93. The maximum absolute atomic E-state index is 12.7. The molecule has 2 amide bonds. The van der Waals surface area contributed by atoms with Crippen molar-refractivity contribution in [3.63, 3.8) is 0 Å². The summed E-state index contributed by atoms with van der Waals surface area (Å²) in [5.41, 5.74) is 3.71. The van der Waals surface area contributed by atoms with Gasteiger partial charge in [-0.1, -0.05) is 30.3 Å². The predicted octanol–water partition coefficient (Wildman–Crippen LogP) is 2.69. The molecule has 0 fully saturated rings. The fourth-order valence-corrected chi connectivity index (χ4v) is 1.76. The number of rotatable bonds is 6. The molecule has 0 aliphatic rings.